The molecule has 1 heterocycles. The van der Waals surface area contributed by atoms with Crippen LogP contribution >= 0.6 is 0 Å². The van der Waals surface area contributed by atoms with Gasteiger partial charge in [0.1, 0.15) is 5.69 Å². The third kappa shape index (κ3) is 4.41. The molecule has 1 aliphatic rings. The Morgan fingerprint density at radius 2 is 2.13 bits per heavy atom. The summed E-state index contributed by atoms with van der Waals surface area (Å²) in [6.07, 6.45) is 16.5. The van der Waals surface area contributed by atoms with E-state index in [1.807, 2.05) is 18.2 Å². The molecular formula is C20H26N2O. The SMILES string of the molecule is CC1=C(/C=C/C(C)=C/C=C/c2cn[nH]c2C=O)C(C)(C)CCC1. The summed E-state index contributed by atoms with van der Waals surface area (Å²) in [4.78, 5) is 10.8. The molecule has 0 saturated heterocycles. The molecule has 23 heavy (non-hydrogen) atoms. The Labute approximate surface area is 138 Å². The molecule has 0 spiro atoms. The average Bonchev–Trinajstić information content (AvgIpc) is 2.93. The van der Waals surface area contributed by atoms with Crippen LogP contribution in [0.4, 0.5) is 0 Å². The largest absolute Gasteiger partial charge is 0.296 e. The van der Waals surface area contributed by atoms with Crippen LogP contribution in [0.5, 0.6) is 0 Å². The zero-order valence-corrected chi connectivity index (χ0v) is 14.5. The fourth-order valence-electron chi connectivity index (χ4n) is 3.12. The predicted molar refractivity (Wildman–Crippen MR) is 96.2 cm³/mol. The van der Waals surface area contributed by atoms with Crippen LogP contribution in [-0.4, -0.2) is 16.5 Å². The molecule has 0 bridgehead atoms. The molecule has 0 radical (unpaired) electrons. The molecule has 122 valence electrons. The van der Waals surface area contributed by atoms with Crippen molar-refractivity contribution in [3.8, 4) is 0 Å². The molecule has 3 heteroatoms. The molecule has 0 aromatic carbocycles. The smallest absolute Gasteiger partial charge is 0.168 e. The van der Waals surface area contributed by atoms with Gasteiger partial charge in [0.25, 0.3) is 0 Å². The van der Waals surface area contributed by atoms with Crippen molar-refractivity contribution >= 4 is 12.4 Å². The first-order chi connectivity index (χ1) is 10.9. The second kappa shape index (κ2) is 7.40. The van der Waals surface area contributed by atoms with E-state index in [0.717, 1.165) is 11.8 Å². The lowest BCUT2D eigenvalue weighted by molar-refractivity contribution is 0.111. The first kappa shape index (κ1) is 17.2. The number of H-pyrrole nitrogens is 1. The summed E-state index contributed by atoms with van der Waals surface area (Å²) >= 11 is 0. The molecule has 0 fully saturated rings. The lowest BCUT2D eigenvalue weighted by atomic mass is 9.72. The highest BCUT2D eigenvalue weighted by Crippen LogP contribution is 2.40. The lowest BCUT2D eigenvalue weighted by Gasteiger charge is -2.32. The molecule has 0 aliphatic heterocycles. The van der Waals surface area contributed by atoms with E-state index in [1.54, 1.807) is 6.20 Å². The van der Waals surface area contributed by atoms with Gasteiger partial charge < -0.3 is 0 Å². The first-order valence-electron chi connectivity index (χ1n) is 8.16. The topological polar surface area (TPSA) is 45.8 Å². The molecule has 2 rings (SSSR count). The van der Waals surface area contributed by atoms with E-state index in [2.05, 4.69) is 50.0 Å². The van der Waals surface area contributed by atoms with Gasteiger partial charge in [-0.1, -0.05) is 55.4 Å². The number of allylic oxidation sites excluding steroid dienone is 7. The van der Waals surface area contributed by atoms with Crippen LogP contribution in [0.25, 0.3) is 6.08 Å². The third-order valence-corrected chi connectivity index (χ3v) is 4.51. The normalized spacial score (nSPS) is 19.0. The number of hydrogen-bond acceptors (Lipinski definition) is 2. The number of rotatable bonds is 5. The van der Waals surface area contributed by atoms with Crippen molar-refractivity contribution < 1.29 is 4.79 Å². The fraction of sp³-hybridized carbons (Fsp3) is 0.400. The van der Waals surface area contributed by atoms with E-state index < -0.39 is 0 Å². The highest BCUT2D eigenvalue weighted by Gasteiger charge is 2.26. The molecule has 0 saturated carbocycles. The van der Waals surface area contributed by atoms with Crippen molar-refractivity contribution in [2.24, 2.45) is 5.41 Å². The summed E-state index contributed by atoms with van der Waals surface area (Å²) in [7, 11) is 0. The van der Waals surface area contributed by atoms with Crippen molar-refractivity contribution in [3.63, 3.8) is 0 Å². The molecule has 3 nitrogen and oxygen atoms in total. The van der Waals surface area contributed by atoms with Gasteiger partial charge in [-0.15, -0.1) is 0 Å². The number of aromatic amines is 1. The Bertz CT molecular complexity index is 684. The molecule has 1 aromatic heterocycles. The molecule has 1 N–H and O–H groups in total. The first-order valence-corrected chi connectivity index (χ1v) is 8.16. The monoisotopic (exact) mass is 310 g/mol. The van der Waals surface area contributed by atoms with Crippen molar-refractivity contribution in [1.82, 2.24) is 10.2 Å². The second-order valence-corrected chi connectivity index (χ2v) is 6.89. The zero-order chi connectivity index (χ0) is 16.9. The van der Waals surface area contributed by atoms with Gasteiger partial charge in [0, 0.05) is 5.56 Å². The van der Waals surface area contributed by atoms with Gasteiger partial charge in [0.2, 0.25) is 0 Å². The number of aldehydes is 1. The maximum Gasteiger partial charge on any atom is 0.168 e. The molecule has 1 aliphatic carbocycles. The van der Waals surface area contributed by atoms with Crippen molar-refractivity contribution in [3.05, 3.63) is 58.5 Å². The van der Waals surface area contributed by atoms with E-state index in [9.17, 15) is 4.79 Å². The van der Waals surface area contributed by atoms with Crippen molar-refractivity contribution in [2.75, 3.05) is 0 Å². The van der Waals surface area contributed by atoms with Crippen LogP contribution in [0.1, 0.15) is 63.0 Å². The second-order valence-electron chi connectivity index (χ2n) is 6.89. The minimum atomic E-state index is 0.268. The van der Waals surface area contributed by atoms with E-state index in [1.165, 1.54) is 36.0 Å². The summed E-state index contributed by atoms with van der Waals surface area (Å²) in [5, 5.41) is 6.53. The molecule has 0 amide bonds. The van der Waals surface area contributed by atoms with Crippen molar-refractivity contribution in [1.29, 1.82) is 0 Å². The molecule has 1 aromatic rings. The van der Waals surface area contributed by atoms with E-state index in [4.69, 9.17) is 0 Å². The zero-order valence-electron chi connectivity index (χ0n) is 14.5. The van der Waals surface area contributed by atoms with Gasteiger partial charge >= 0.3 is 0 Å². The summed E-state index contributed by atoms with van der Waals surface area (Å²) in [6, 6.07) is 0. The lowest BCUT2D eigenvalue weighted by Crippen LogP contribution is -2.19. The number of hydrogen-bond donors (Lipinski definition) is 1. The Hall–Kier alpha value is -2.16. The minimum absolute atomic E-state index is 0.268. The summed E-state index contributed by atoms with van der Waals surface area (Å²) in [5.41, 5.74) is 5.74. The Morgan fingerprint density at radius 1 is 1.35 bits per heavy atom. The highest BCUT2D eigenvalue weighted by atomic mass is 16.1. The quantitative estimate of drug-likeness (QED) is 0.595. The summed E-state index contributed by atoms with van der Waals surface area (Å²) in [6.45, 7) is 8.99. The Kier molecular flexibility index (Phi) is 5.54. The fourth-order valence-corrected chi connectivity index (χ4v) is 3.12. The van der Waals surface area contributed by atoms with Gasteiger partial charge in [-0.3, -0.25) is 9.89 Å². The van der Waals surface area contributed by atoms with Crippen LogP contribution in [-0.2, 0) is 0 Å². The van der Waals surface area contributed by atoms with Gasteiger partial charge in [0.05, 0.1) is 6.20 Å². The van der Waals surface area contributed by atoms with Crippen LogP contribution < -0.4 is 0 Å². The number of carbonyl (C=O) groups excluding carboxylic acids is 1. The van der Waals surface area contributed by atoms with Crippen LogP contribution in [0.3, 0.4) is 0 Å². The van der Waals surface area contributed by atoms with E-state index in [0.29, 0.717) is 5.69 Å². The van der Waals surface area contributed by atoms with Gasteiger partial charge in [0.15, 0.2) is 6.29 Å². The third-order valence-electron chi connectivity index (χ3n) is 4.51. The number of nitrogens with one attached hydrogen (secondary N) is 1. The summed E-state index contributed by atoms with van der Waals surface area (Å²) in [5.74, 6) is 0. The predicted octanol–water partition coefficient (Wildman–Crippen LogP) is 5.26. The molecule has 0 atom stereocenters. The van der Waals surface area contributed by atoms with Gasteiger partial charge in [-0.05, 0) is 44.1 Å². The number of aromatic nitrogens is 2. The van der Waals surface area contributed by atoms with Crippen LogP contribution in [0.15, 0.2) is 47.2 Å². The van der Waals surface area contributed by atoms with Crippen LogP contribution in [0, 0.1) is 5.41 Å². The molecule has 0 unspecified atom stereocenters. The number of nitrogens with zero attached hydrogens (tertiary/aromatic N) is 1. The average molecular weight is 310 g/mol. The Morgan fingerprint density at radius 3 is 2.83 bits per heavy atom. The van der Waals surface area contributed by atoms with E-state index in [-0.39, 0.29) is 5.41 Å². The standard InChI is InChI=1S/C20H26N2O/c1-15(7-5-9-17-13-21-22-19(17)14-23)10-11-18-16(2)8-6-12-20(18,3)4/h5,7,9-11,13-14H,6,8,12H2,1-4H3,(H,21,22)/b9-5+,11-10+,15-7+. The van der Waals surface area contributed by atoms with E-state index >= 15 is 0 Å². The van der Waals surface area contributed by atoms with Gasteiger partial charge in [-0.25, -0.2) is 0 Å². The molecular weight excluding hydrogens is 284 g/mol. The maximum atomic E-state index is 10.8. The van der Waals surface area contributed by atoms with Crippen molar-refractivity contribution in [2.45, 2.75) is 47.0 Å². The van der Waals surface area contributed by atoms with Gasteiger partial charge in [-0.2, -0.15) is 5.10 Å². The van der Waals surface area contributed by atoms with Crippen LogP contribution in [0.2, 0.25) is 0 Å². The summed E-state index contributed by atoms with van der Waals surface area (Å²) < 4.78 is 0. The maximum absolute atomic E-state index is 10.8. The Balaban J connectivity index is 2.09. The minimum Gasteiger partial charge on any atom is -0.296 e. The highest BCUT2D eigenvalue weighted by molar-refractivity contribution is 5.78. The number of carbonyl (C=O) groups is 1.